The molecule has 1 aromatic carbocycles. The highest BCUT2D eigenvalue weighted by atomic mass is 35.5. The molecule has 2 aromatic heterocycles. The first-order chi connectivity index (χ1) is 12.0. The highest BCUT2D eigenvalue weighted by Crippen LogP contribution is 2.36. The molecule has 0 fully saturated rings. The lowest BCUT2D eigenvalue weighted by Crippen LogP contribution is -2.12. The van der Waals surface area contributed by atoms with Crippen LogP contribution in [-0.2, 0) is 11.3 Å². The highest BCUT2D eigenvalue weighted by molar-refractivity contribution is 7.15. The van der Waals surface area contributed by atoms with Crippen molar-refractivity contribution in [2.75, 3.05) is 5.32 Å². The van der Waals surface area contributed by atoms with E-state index in [1.165, 1.54) is 11.3 Å². The van der Waals surface area contributed by atoms with Gasteiger partial charge in [0.1, 0.15) is 16.4 Å². The number of aromatic nitrogens is 3. The van der Waals surface area contributed by atoms with Crippen molar-refractivity contribution in [1.82, 2.24) is 15.2 Å². The van der Waals surface area contributed by atoms with E-state index < -0.39 is 0 Å². The Balaban J connectivity index is 1.89. The van der Waals surface area contributed by atoms with Gasteiger partial charge in [0.15, 0.2) is 0 Å². The maximum atomic E-state index is 6.13. The molecule has 25 heavy (non-hydrogen) atoms. The van der Waals surface area contributed by atoms with Crippen LogP contribution in [0, 0.1) is 0 Å². The monoisotopic (exact) mass is 374 g/mol. The molecule has 0 atom stereocenters. The number of halogens is 1. The fourth-order valence-corrected chi connectivity index (χ4v) is 3.14. The van der Waals surface area contributed by atoms with Crippen LogP contribution in [0.5, 0.6) is 11.6 Å². The van der Waals surface area contributed by atoms with Crippen LogP contribution in [0.1, 0.15) is 31.3 Å². The zero-order valence-electron chi connectivity index (χ0n) is 14.3. The van der Waals surface area contributed by atoms with Crippen molar-refractivity contribution in [1.29, 1.82) is 0 Å². The molecule has 0 amide bonds. The molecule has 130 valence electrons. The summed E-state index contributed by atoms with van der Waals surface area (Å²) in [6.45, 7) is 6.46. The van der Waals surface area contributed by atoms with Crippen LogP contribution in [0.15, 0.2) is 42.6 Å². The second kappa shape index (κ2) is 7.37. The number of ether oxygens (including phenoxy) is 1. The van der Waals surface area contributed by atoms with Crippen molar-refractivity contribution in [3.8, 4) is 11.6 Å². The summed E-state index contributed by atoms with van der Waals surface area (Å²) < 4.78 is 6.13. The number of hydrogen-bond acceptors (Lipinski definition) is 6. The van der Waals surface area contributed by atoms with Gasteiger partial charge in [-0.3, -0.25) is 0 Å². The van der Waals surface area contributed by atoms with E-state index in [2.05, 4.69) is 47.3 Å². The first-order valence-electron chi connectivity index (χ1n) is 7.85. The van der Waals surface area contributed by atoms with Crippen LogP contribution in [0.2, 0.25) is 0 Å². The molecule has 5 nitrogen and oxygen atoms in total. The quantitative estimate of drug-likeness (QED) is 0.597. The Morgan fingerprint density at radius 3 is 2.64 bits per heavy atom. The Hall–Kier alpha value is -2.18. The fraction of sp³-hybridized carbons (Fsp3) is 0.278. The third kappa shape index (κ3) is 4.27. The summed E-state index contributed by atoms with van der Waals surface area (Å²) in [6, 6.07) is 11.7. The summed E-state index contributed by atoms with van der Waals surface area (Å²) in [5.74, 6) is 1.62. The average Bonchev–Trinajstić information content (AvgIpc) is 3.04. The molecule has 1 N–H and O–H groups in total. The van der Waals surface area contributed by atoms with Gasteiger partial charge in [0, 0.05) is 11.8 Å². The number of para-hydroxylation sites is 1. The summed E-state index contributed by atoms with van der Waals surface area (Å²) in [5, 5.41) is 12.7. The van der Waals surface area contributed by atoms with E-state index in [4.69, 9.17) is 16.3 Å². The van der Waals surface area contributed by atoms with E-state index in [-0.39, 0.29) is 5.41 Å². The van der Waals surface area contributed by atoms with E-state index in [1.807, 2.05) is 30.3 Å². The lowest BCUT2D eigenvalue weighted by Gasteiger charge is -2.22. The molecule has 0 unspecified atom stereocenters. The number of benzene rings is 1. The van der Waals surface area contributed by atoms with Gasteiger partial charge >= 0.3 is 0 Å². The summed E-state index contributed by atoms with van der Waals surface area (Å²) in [4.78, 5) is 4.37. The van der Waals surface area contributed by atoms with Crippen LogP contribution < -0.4 is 10.1 Å². The van der Waals surface area contributed by atoms with Gasteiger partial charge in [0.05, 0.1) is 5.88 Å². The van der Waals surface area contributed by atoms with Crippen molar-refractivity contribution >= 4 is 33.8 Å². The molecule has 0 saturated heterocycles. The van der Waals surface area contributed by atoms with E-state index in [0.717, 1.165) is 22.0 Å². The second-order valence-corrected chi connectivity index (χ2v) is 7.79. The minimum atomic E-state index is -0.0343. The minimum Gasteiger partial charge on any atom is -0.437 e. The summed E-state index contributed by atoms with van der Waals surface area (Å²) >= 11 is 7.19. The molecule has 0 bridgehead atoms. The summed E-state index contributed by atoms with van der Waals surface area (Å²) in [5.41, 5.74) is 1.81. The topological polar surface area (TPSA) is 59.9 Å². The van der Waals surface area contributed by atoms with Gasteiger partial charge in [0.2, 0.25) is 11.0 Å². The molecule has 2 heterocycles. The molecule has 0 aliphatic carbocycles. The molecule has 0 spiro atoms. The number of alkyl halides is 1. The van der Waals surface area contributed by atoms with Crippen molar-refractivity contribution in [3.63, 3.8) is 0 Å². The van der Waals surface area contributed by atoms with E-state index in [9.17, 15) is 0 Å². The Morgan fingerprint density at radius 1 is 1.12 bits per heavy atom. The van der Waals surface area contributed by atoms with Crippen LogP contribution in [0.25, 0.3) is 0 Å². The summed E-state index contributed by atoms with van der Waals surface area (Å²) in [6.07, 6.45) is 1.70. The van der Waals surface area contributed by atoms with Gasteiger partial charge in [-0.25, -0.2) is 4.98 Å². The third-order valence-electron chi connectivity index (χ3n) is 3.50. The normalized spacial score (nSPS) is 11.4. The number of nitrogens with one attached hydrogen (secondary N) is 1. The van der Waals surface area contributed by atoms with Crippen LogP contribution in [0.3, 0.4) is 0 Å². The molecule has 0 aliphatic heterocycles. The smallest absolute Gasteiger partial charge is 0.243 e. The lowest BCUT2D eigenvalue weighted by molar-refractivity contribution is 0.442. The number of pyridine rings is 1. The van der Waals surface area contributed by atoms with Gasteiger partial charge in [-0.2, -0.15) is 0 Å². The van der Waals surface area contributed by atoms with Crippen LogP contribution in [-0.4, -0.2) is 15.2 Å². The van der Waals surface area contributed by atoms with Gasteiger partial charge in [-0.1, -0.05) is 50.3 Å². The van der Waals surface area contributed by atoms with Gasteiger partial charge in [-0.05, 0) is 23.6 Å². The Bertz CT molecular complexity index is 860. The number of anilines is 2. The number of hydrogen-bond donors (Lipinski definition) is 1. The first kappa shape index (κ1) is 17.6. The minimum absolute atomic E-state index is 0.0343. The van der Waals surface area contributed by atoms with Gasteiger partial charge in [-0.15, -0.1) is 21.8 Å². The number of nitrogens with zero attached hydrogens (tertiary/aromatic N) is 3. The summed E-state index contributed by atoms with van der Waals surface area (Å²) in [7, 11) is 0. The van der Waals surface area contributed by atoms with Gasteiger partial charge < -0.3 is 10.1 Å². The van der Waals surface area contributed by atoms with Crippen molar-refractivity contribution < 1.29 is 4.74 Å². The van der Waals surface area contributed by atoms with Crippen LogP contribution in [0.4, 0.5) is 10.8 Å². The fourth-order valence-electron chi connectivity index (χ4n) is 2.32. The molecule has 3 rings (SSSR count). The molecule has 0 saturated carbocycles. The molecule has 0 radical (unpaired) electrons. The van der Waals surface area contributed by atoms with E-state index in [0.29, 0.717) is 16.9 Å². The van der Waals surface area contributed by atoms with Crippen molar-refractivity contribution in [3.05, 3.63) is 53.2 Å². The van der Waals surface area contributed by atoms with E-state index in [1.54, 1.807) is 6.20 Å². The second-order valence-electron chi connectivity index (χ2n) is 6.46. The SMILES string of the molecule is CC(C)(C)c1ccccc1Oc1ncccc1Nc1nnc(CCl)s1. The molecular weight excluding hydrogens is 356 g/mol. The standard InChI is InChI=1S/C18H19ClN4OS/c1-18(2,3)12-7-4-5-9-14(12)24-16-13(8-6-10-20-16)21-17-23-22-15(11-19)25-17/h4-10H,11H2,1-3H3,(H,21,23). The van der Waals surface area contributed by atoms with Crippen molar-refractivity contribution in [2.24, 2.45) is 0 Å². The predicted molar refractivity (Wildman–Crippen MR) is 102 cm³/mol. The van der Waals surface area contributed by atoms with Crippen molar-refractivity contribution in [2.45, 2.75) is 32.1 Å². The Labute approximate surface area is 156 Å². The molecule has 7 heteroatoms. The maximum absolute atomic E-state index is 6.13. The predicted octanol–water partition coefficient (Wildman–Crippen LogP) is 5.51. The Morgan fingerprint density at radius 2 is 1.92 bits per heavy atom. The first-order valence-corrected chi connectivity index (χ1v) is 9.20. The lowest BCUT2D eigenvalue weighted by atomic mass is 9.86. The zero-order chi connectivity index (χ0) is 17.9. The largest absolute Gasteiger partial charge is 0.437 e. The number of rotatable bonds is 5. The van der Waals surface area contributed by atoms with Gasteiger partial charge in [0.25, 0.3) is 0 Å². The molecule has 3 aromatic rings. The zero-order valence-corrected chi connectivity index (χ0v) is 15.9. The molecular formula is C18H19ClN4OS. The average molecular weight is 375 g/mol. The van der Waals surface area contributed by atoms with Crippen LogP contribution >= 0.6 is 22.9 Å². The highest BCUT2D eigenvalue weighted by Gasteiger charge is 2.20. The third-order valence-corrected chi connectivity index (χ3v) is 4.75. The Kier molecular flexibility index (Phi) is 5.20. The molecule has 0 aliphatic rings. The maximum Gasteiger partial charge on any atom is 0.243 e. The van der Waals surface area contributed by atoms with E-state index >= 15 is 0 Å².